The molecule has 2 aromatic carbocycles. The van der Waals surface area contributed by atoms with E-state index in [0.29, 0.717) is 6.61 Å². The zero-order valence-electron chi connectivity index (χ0n) is 15.9. The van der Waals surface area contributed by atoms with E-state index in [1.165, 1.54) is 0 Å². The van der Waals surface area contributed by atoms with Crippen LogP contribution in [0.2, 0.25) is 0 Å². The number of aromatic nitrogens is 3. The molecule has 0 radical (unpaired) electrons. The number of imidazole rings is 1. The molecule has 5 rings (SSSR count). The lowest BCUT2D eigenvalue weighted by molar-refractivity contribution is -0.162. The van der Waals surface area contributed by atoms with E-state index in [9.17, 15) is 0 Å². The second-order valence-electron chi connectivity index (χ2n) is 7.18. The van der Waals surface area contributed by atoms with Crippen LogP contribution in [0.5, 0.6) is 0 Å². The summed E-state index contributed by atoms with van der Waals surface area (Å²) in [5.41, 5.74) is 5.12. The Hall–Kier alpha value is -3.02. The Morgan fingerprint density at radius 2 is 1.82 bits per heavy atom. The van der Waals surface area contributed by atoms with Crippen LogP contribution in [0.15, 0.2) is 73.1 Å². The van der Waals surface area contributed by atoms with Crippen molar-refractivity contribution >= 4 is 11.0 Å². The third-order valence-corrected chi connectivity index (χ3v) is 5.32. The average molecular weight is 371 g/mol. The maximum atomic E-state index is 6.30. The van der Waals surface area contributed by atoms with Crippen LogP contribution < -0.4 is 0 Å². The largest absolute Gasteiger partial charge is 0.343 e. The molecule has 2 atom stereocenters. The molecule has 0 amide bonds. The number of aryl methyl sites for hydroxylation is 1. The summed E-state index contributed by atoms with van der Waals surface area (Å²) in [5, 5.41) is 0. The number of hydrogen-bond donors (Lipinski definition) is 0. The highest BCUT2D eigenvalue weighted by atomic mass is 16.7. The van der Waals surface area contributed by atoms with Gasteiger partial charge in [-0.15, -0.1) is 0 Å². The van der Waals surface area contributed by atoms with Crippen LogP contribution in [0.25, 0.3) is 16.7 Å². The van der Waals surface area contributed by atoms with Gasteiger partial charge in [0.05, 0.1) is 18.3 Å². The summed E-state index contributed by atoms with van der Waals surface area (Å²) in [6, 6.07) is 20.5. The highest BCUT2D eigenvalue weighted by Crippen LogP contribution is 2.40. The van der Waals surface area contributed by atoms with Crippen molar-refractivity contribution in [2.45, 2.75) is 25.7 Å². The fourth-order valence-corrected chi connectivity index (χ4v) is 3.85. The maximum absolute atomic E-state index is 6.30. The first kappa shape index (κ1) is 17.1. The van der Waals surface area contributed by atoms with E-state index in [0.717, 1.165) is 33.7 Å². The Labute approximate surface area is 163 Å². The van der Waals surface area contributed by atoms with Gasteiger partial charge in [0.25, 0.3) is 0 Å². The van der Waals surface area contributed by atoms with E-state index >= 15 is 0 Å². The minimum Gasteiger partial charge on any atom is -0.343 e. The number of benzene rings is 2. The Bertz CT molecular complexity index is 1120. The van der Waals surface area contributed by atoms with Crippen LogP contribution >= 0.6 is 0 Å². The molecule has 5 heteroatoms. The van der Waals surface area contributed by atoms with E-state index in [-0.39, 0.29) is 6.10 Å². The van der Waals surface area contributed by atoms with Crippen LogP contribution in [-0.2, 0) is 15.3 Å². The topological polar surface area (TPSA) is 49.2 Å². The Morgan fingerprint density at radius 3 is 2.61 bits per heavy atom. The lowest BCUT2D eigenvalue weighted by atomic mass is 10.1. The predicted molar refractivity (Wildman–Crippen MR) is 107 cm³/mol. The van der Waals surface area contributed by atoms with Crippen molar-refractivity contribution in [3.8, 4) is 5.69 Å². The fraction of sp³-hybridized carbons (Fsp3) is 0.217. The normalized spacial score (nSPS) is 22.0. The number of rotatable bonds is 3. The first-order chi connectivity index (χ1) is 13.6. The molecule has 140 valence electrons. The fourth-order valence-electron chi connectivity index (χ4n) is 3.85. The molecule has 1 fully saturated rings. The maximum Gasteiger partial charge on any atom is 0.192 e. The average Bonchev–Trinajstić information content (AvgIpc) is 3.29. The zero-order valence-corrected chi connectivity index (χ0v) is 15.9. The van der Waals surface area contributed by atoms with E-state index in [4.69, 9.17) is 9.47 Å². The van der Waals surface area contributed by atoms with E-state index in [1.54, 1.807) is 12.4 Å². The second kappa shape index (κ2) is 6.55. The molecule has 0 spiro atoms. The van der Waals surface area contributed by atoms with Gasteiger partial charge < -0.3 is 9.47 Å². The molecule has 0 saturated carbocycles. The Kier molecular flexibility index (Phi) is 4.00. The number of hydrogen-bond acceptors (Lipinski definition) is 4. The van der Waals surface area contributed by atoms with Crippen molar-refractivity contribution in [3.05, 3.63) is 90.0 Å². The third kappa shape index (κ3) is 2.80. The number of pyridine rings is 1. The number of ether oxygens (including phenoxy) is 2. The molecule has 0 bridgehead atoms. The van der Waals surface area contributed by atoms with Crippen LogP contribution in [0.3, 0.4) is 0 Å². The summed E-state index contributed by atoms with van der Waals surface area (Å²) in [6.07, 6.45) is 3.52. The molecule has 2 unspecified atom stereocenters. The molecule has 28 heavy (non-hydrogen) atoms. The summed E-state index contributed by atoms with van der Waals surface area (Å²) >= 11 is 0. The van der Waals surface area contributed by atoms with Crippen molar-refractivity contribution in [1.29, 1.82) is 0 Å². The van der Waals surface area contributed by atoms with Crippen LogP contribution in [0, 0.1) is 6.92 Å². The minimum absolute atomic E-state index is 0.0572. The van der Waals surface area contributed by atoms with E-state index in [2.05, 4.69) is 50.9 Å². The summed E-state index contributed by atoms with van der Waals surface area (Å²) in [6.45, 7) is 4.53. The number of fused-ring (bicyclic) bond motifs is 1. The van der Waals surface area contributed by atoms with Crippen LogP contribution in [0.4, 0.5) is 0 Å². The van der Waals surface area contributed by atoms with Gasteiger partial charge in [-0.2, -0.15) is 0 Å². The summed E-state index contributed by atoms with van der Waals surface area (Å²) in [4.78, 5) is 8.76. The van der Waals surface area contributed by atoms with E-state index < -0.39 is 5.79 Å². The molecular formula is C23H21N3O2. The quantitative estimate of drug-likeness (QED) is 0.524. The van der Waals surface area contributed by atoms with Gasteiger partial charge in [0.1, 0.15) is 17.4 Å². The van der Waals surface area contributed by atoms with Gasteiger partial charge >= 0.3 is 0 Å². The second-order valence-corrected chi connectivity index (χ2v) is 7.18. The van der Waals surface area contributed by atoms with Crippen LogP contribution in [0.1, 0.15) is 30.0 Å². The first-order valence-electron chi connectivity index (χ1n) is 9.41. The smallest absolute Gasteiger partial charge is 0.192 e. The summed E-state index contributed by atoms with van der Waals surface area (Å²) in [7, 11) is 0. The van der Waals surface area contributed by atoms with Gasteiger partial charge in [-0.1, -0.05) is 42.5 Å². The number of nitrogens with zero attached hydrogens (tertiary/aromatic N) is 3. The third-order valence-electron chi connectivity index (χ3n) is 5.32. The van der Waals surface area contributed by atoms with Gasteiger partial charge in [0.2, 0.25) is 0 Å². The molecule has 5 nitrogen and oxygen atoms in total. The van der Waals surface area contributed by atoms with Gasteiger partial charge in [-0.25, -0.2) is 4.98 Å². The monoisotopic (exact) mass is 371 g/mol. The highest BCUT2D eigenvalue weighted by molar-refractivity contribution is 5.77. The van der Waals surface area contributed by atoms with Gasteiger partial charge in [0, 0.05) is 17.4 Å². The lowest BCUT2D eigenvalue weighted by Crippen LogP contribution is -2.22. The summed E-state index contributed by atoms with van der Waals surface area (Å²) < 4.78 is 14.5. The van der Waals surface area contributed by atoms with Gasteiger partial charge in [-0.05, 0) is 37.6 Å². The standard InChI is InChI=1S/C23H21N3O2/c1-16-25-20-14-24-13-12-21(20)26(16)19-10-8-18(9-11-19)23(2)27-15-22(28-23)17-6-4-3-5-7-17/h3-14,22H,15H2,1-2H3. The van der Waals surface area contributed by atoms with Gasteiger partial charge in [0.15, 0.2) is 5.79 Å². The molecule has 0 aliphatic carbocycles. The zero-order chi connectivity index (χ0) is 19.1. The first-order valence-corrected chi connectivity index (χ1v) is 9.41. The minimum atomic E-state index is -0.755. The van der Waals surface area contributed by atoms with Crippen molar-refractivity contribution in [2.75, 3.05) is 6.61 Å². The lowest BCUT2D eigenvalue weighted by Gasteiger charge is -2.24. The Morgan fingerprint density at radius 1 is 1.04 bits per heavy atom. The van der Waals surface area contributed by atoms with Crippen molar-refractivity contribution in [3.63, 3.8) is 0 Å². The molecule has 2 aromatic heterocycles. The van der Waals surface area contributed by atoms with Crippen LogP contribution in [-0.4, -0.2) is 21.1 Å². The molecule has 0 N–H and O–H groups in total. The molecule has 1 saturated heterocycles. The summed E-state index contributed by atoms with van der Waals surface area (Å²) in [5.74, 6) is 0.175. The SMILES string of the molecule is Cc1nc2cnccc2n1-c1ccc(C2(C)OCC(c3ccccc3)O2)cc1. The van der Waals surface area contributed by atoms with Crippen molar-refractivity contribution < 1.29 is 9.47 Å². The molecule has 3 heterocycles. The molecule has 1 aliphatic rings. The van der Waals surface area contributed by atoms with Crippen molar-refractivity contribution in [1.82, 2.24) is 14.5 Å². The highest BCUT2D eigenvalue weighted by Gasteiger charge is 2.39. The molecule has 4 aromatic rings. The van der Waals surface area contributed by atoms with Crippen molar-refractivity contribution in [2.24, 2.45) is 0 Å². The Balaban J connectivity index is 1.44. The predicted octanol–water partition coefficient (Wildman–Crippen LogP) is 4.69. The molecular weight excluding hydrogens is 350 g/mol. The van der Waals surface area contributed by atoms with Gasteiger partial charge in [-0.3, -0.25) is 9.55 Å². The van der Waals surface area contributed by atoms with E-state index in [1.807, 2.05) is 38.1 Å². The molecule has 1 aliphatic heterocycles.